The number of rotatable bonds is 0. The van der Waals surface area contributed by atoms with Crippen LogP contribution in [0.4, 0.5) is 0 Å². The number of hydrogen-bond donors (Lipinski definition) is 1. The van der Waals surface area contributed by atoms with Crippen LogP contribution in [0.1, 0.15) is 5.69 Å². The summed E-state index contributed by atoms with van der Waals surface area (Å²) in [7, 11) is 0. The van der Waals surface area contributed by atoms with Crippen molar-refractivity contribution in [2.75, 3.05) is 0 Å². The van der Waals surface area contributed by atoms with E-state index in [4.69, 9.17) is 5.26 Å². The Balaban J connectivity index is 2.80. The van der Waals surface area contributed by atoms with E-state index in [1.807, 2.05) is 18.3 Å². The highest BCUT2D eigenvalue weighted by atomic mass is 127. The average molecular weight is 269 g/mol. The summed E-state index contributed by atoms with van der Waals surface area (Å²) in [6.07, 6.45) is 1.87. The van der Waals surface area contributed by atoms with Crippen molar-refractivity contribution in [3.63, 3.8) is 0 Å². The third kappa shape index (κ3) is 1.06. The van der Waals surface area contributed by atoms with E-state index in [0.29, 0.717) is 5.69 Å². The van der Waals surface area contributed by atoms with Gasteiger partial charge in [-0.15, -0.1) is 0 Å². The third-order valence-electron chi connectivity index (χ3n) is 1.60. The van der Waals surface area contributed by atoms with Gasteiger partial charge in [0, 0.05) is 15.2 Å². The maximum absolute atomic E-state index is 8.58. The topological polar surface area (TPSA) is 52.5 Å². The lowest BCUT2D eigenvalue weighted by atomic mass is 10.3. The molecule has 0 fully saturated rings. The molecule has 58 valence electrons. The summed E-state index contributed by atoms with van der Waals surface area (Å²) in [5, 5.41) is 9.64. The van der Waals surface area contributed by atoms with E-state index in [2.05, 4.69) is 32.6 Å². The Bertz CT molecular complexity index is 467. The Morgan fingerprint density at radius 3 is 3.08 bits per heavy atom. The van der Waals surface area contributed by atoms with Crippen molar-refractivity contribution in [1.29, 1.82) is 5.26 Å². The summed E-state index contributed by atoms with van der Waals surface area (Å²) >= 11 is 2.22. The Kier molecular flexibility index (Phi) is 1.73. The molecule has 2 aromatic rings. The number of nitrogens with zero attached hydrogens (tertiary/aromatic N) is 2. The predicted molar refractivity (Wildman–Crippen MR) is 53.5 cm³/mol. The van der Waals surface area contributed by atoms with E-state index in [-0.39, 0.29) is 0 Å². The first-order chi connectivity index (χ1) is 5.81. The molecule has 0 aromatic carbocycles. The summed E-state index contributed by atoms with van der Waals surface area (Å²) in [5.41, 5.74) is 1.22. The lowest BCUT2D eigenvalue weighted by molar-refractivity contribution is 1.28. The van der Waals surface area contributed by atoms with Crippen LogP contribution in [0.25, 0.3) is 11.0 Å². The van der Waals surface area contributed by atoms with Crippen molar-refractivity contribution in [3.05, 3.63) is 27.6 Å². The second-order valence-electron chi connectivity index (χ2n) is 2.34. The fourth-order valence-electron chi connectivity index (χ4n) is 1.03. The van der Waals surface area contributed by atoms with Crippen molar-refractivity contribution < 1.29 is 0 Å². The lowest BCUT2D eigenvalue weighted by Crippen LogP contribution is -1.81. The molecule has 0 aliphatic carbocycles. The Morgan fingerprint density at radius 2 is 2.33 bits per heavy atom. The molecule has 2 heterocycles. The van der Waals surface area contributed by atoms with Crippen molar-refractivity contribution in [1.82, 2.24) is 9.97 Å². The minimum absolute atomic E-state index is 0.445. The first kappa shape index (κ1) is 7.55. The van der Waals surface area contributed by atoms with Crippen LogP contribution < -0.4 is 0 Å². The van der Waals surface area contributed by atoms with Crippen molar-refractivity contribution in [2.24, 2.45) is 0 Å². The van der Waals surface area contributed by atoms with E-state index in [1.54, 1.807) is 6.07 Å². The van der Waals surface area contributed by atoms with Gasteiger partial charge >= 0.3 is 0 Å². The Hall–Kier alpha value is -1.09. The zero-order chi connectivity index (χ0) is 8.55. The van der Waals surface area contributed by atoms with E-state index in [9.17, 15) is 0 Å². The summed E-state index contributed by atoms with van der Waals surface area (Å²) in [6, 6.07) is 5.62. The van der Waals surface area contributed by atoms with E-state index in [0.717, 1.165) is 14.6 Å². The van der Waals surface area contributed by atoms with Gasteiger partial charge < -0.3 is 4.98 Å². The van der Waals surface area contributed by atoms with Crippen molar-refractivity contribution >= 4 is 33.6 Å². The predicted octanol–water partition coefficient (Wildman–Crippen LogP) is 2.04. The molecule has 3 nitrogen and oxygen atoms in total. The number of nitriles is 1. The fourth-order valence-corrected chi connectivity index (χ4v) is 1.62. The zero-order valence-electron chi connectivity index (χ0n) is 6.00. The fraction of sp³-hybridized carbons (Fsp3) is 0. The van der Waals surface area contributed by atoms with Gasteiger partial charge in [0.2, 0.25) is 0 Å². The first-order valence-corrected chi connectivity index (χ1v) is 4.43. The van der Waals surface area contributed by atoms with Gasteiger partial charge in [-0.2, -0.15) is 5.26 Å². The van der Waals surface area contributed by atoms with Crippen molar-refractivity contribution in [3.8, 4) is 6.07 Å². The molecule has 0 bridgehead atoms. The maximum atomic E-state index is 8.58. The highest BCUT2D eigenvalue weighted by Crippen LogP contribution is 2.17. The zero-order valence-corrected chi connectivity index (χ0v) is 8.16. The molecule has 0 saturated carbocycles. The standard InChI is InChI=1S/C8H4IN3/c9-7-4-11-8-6(7)2-1-5(3-10)12-8/h1-2,4H,(H,11,12). The second kappa shape index (κ2) is 2.75. The molecule has 0 unspecified atom stereocenters. The molecule has 12 heavy (non-hydrogen) atoms. The number of pyridine rings is 1. The number of nitrogens with one attached hydrogen (secondary N) is 1. The van der Waals surface area contributed by atoms with Crippen LogP contribution in [-0.2, 0) is 0 Å². The van der Waals surface area contributed by atoms with E-state index in [1.165, 1.54) is 0 Å². The molecule has 1 N–H and O–H groups in total. The Labute approximate surface area is 82.6 Å². The smallest absolute Gasteiger partial charge is 0.142 e. The van der Waals surface area contributed by atoms with Gasteiger partial charge in [-0.25, -0.2) is 4.98 Å². The molecule has 4 heteroatoms. The van der Waals surface area contributed by atoms with Gasteiger partial charge in [0.15, 0.2) is 0 Å². The number of aromatic nitrogens is 2. The highest BCUT2D eigenvalue weighted by molar-refractivity contribution is 14.1. The van der Waals surface area contributed by atoms with Crippen LogP contribution in [0.2, 0.25) is 0 Å². The molecule has 0 spiro atoms. The van der Waals surface area contributed by atoms with Gasteiger partial charge in [0.1, 0.15) is 17.4 Å². The number of hydrogen-bond acceptors (Lipinski definition) is 2. The third-order valence-corrected chi connectivity index (χ3v) is 2.50. The SMILES string of the molecule is N#Cc1ccc2c(I)c[nH]c2n1. The minimum Gasteiger partial charge on any atom is -0.345 e. The normalized spacial score (nSPS) is 10.0. The van der Waals surface area contributed by atoms with Crippen LogP contribution in [-0.4, -0.2) is 9.97 Å². The van der Waals surface area contributed by atoms with Crippen molar-refractivity contribution in [2.45, 2.75) is 0 Å². The van der Waals surface area contributed by atoms with Gasteiger partial charge in [0.05, 0.1) is 0 Å². The first-order valence-electron chi connectivity index (χ1n) is 3.35. The van der Waals surface area contributed by atoms with Gasteiger partial charge in [-0.05, 0) is 34.7 Å². The van der Waals surface area contributed by atoms with Crippen LogP contribution in [0.3, 0.4) is 0 Å². The van der Waals surface area contributed by atoms with Gasteiger partial charge in [0.25, 0.3) is 0 Å². The summed E-state index contributed by atoms with van der Waals surface area (Å²) < 4.78 is 1.12. The lowest BCUT2D eigenvalue weighted by Gasteiger charge is -1.89. The molecule has 0 aliphatic rings. The largest absolute Gasteiger partial charge is 0.345 e. The molecule has 2 aromatic heterocycles. The summed E-state index contributed by atoms with van der Waals surface area (Å²) in [4.78, 5) is 7.09. The average Bonchev–Trinajstić information content (AvgIpc) is 2.47. The molecular formula is C8H4IN3. The second-order valence-corrected chi connectivity index (χ2v) is 3.50. The molecule has 0 amide bonds. The summed E-state index contributed by atoms with van der Waals surface area (Å²) in [5.74, 6) is 0. The maximum Gasteiger partial charge on any atom is 0.142 e. The monoisotopic (exact) mass is 269 g/mol. The van der Waals surface area contributed by atoms with Crippen LogP contribution >= 0.6 is 22.6 Å². The summed E-state index contributed by atoms with van der Waals surface area (Å²) in [6.45, 7) is 0. The molecular weight excluding hydrogens is 265 g/mol. The quantitative estimate of drug-likeness (QED) is 0.744. The highest BCUT2D eigenvalue weighted by Gasteiger charge is 2.01. The number of aromatic amines is 1. The number of fused-ring (bicyclic) bond motifs is 1. The molecule has 0 radical (unpaired) electrons. The van der Waals surface area contributed by atoms with E-state index < -0.39 is 0 Å². The number of H-pyrrole nitrogens is 1. The molecule has 2 rings (SSSR count). The molecule has 0 aliphatic heterocycles. The minimum atomic E-state index is 0.445. The van der Waals surface area contributed by atoms with Gasteiger partial charge in [-0.3, -0.25) is 0 Å². The van der Waals surface area contributed by atoms with Crippen LogP contribution in [0.5, 0.6) is 0 Å². The Morgan fingerprint density at radius 1 is 1.50 bits per heavy atom. The van der Waals surface area contributed by atoms with Crippen LogP contribution in [0, 0.1) is 14.9 Å². The van der Waals surface area contributed by atoms with Crippen LogP contribution in [0.15, 0.2) is 18.3 Å². The molecule has 0 saturated heterocycles. The number of halogens is 1. The molecule has 0 atom stereocenters. The van der Waals surface area contributed by atoms with E-state index >= 15 is 0 Å². The van der Waals surface area contributed by atoms with Gasteiger partial charge in [-0.1, -0.05) is 0 Å².